The highest BCUT2D eigenvalue weighted by Crippen LogP contribution is 2.28. The highest BCUT2D eigenvalue weighted by Gasteiger charge is 2.20. The van der Waals surface area contributed by atoms with E-state index in [-0.39, 0.29) is 5.41 Å². The van der Waals surface area contributed by atoms with Crippen LogP contribution in [0.5, 0.6) is 0 Å². The van der Waals surface area contributed by atoms with Gasteiger partial charge in [-0.05, 0) is 12.1 Å². The van der Waals surface area contributed by atoms with Gasteiger partial charge in [0.05, 0.1) is 5.75 Å². The van der Waals surface area contributed by atoms with Gasteiger partial charge in [-0.3, -0.25) is 0 Å². The minimum Gasteiger partial charge on any atom is -0.398 e. The fraction of sp³-hybridized carbons (Fsp3) is 0.385. The van der Waals surface area contributed by atoms with Crippen LogP contribution >= 0.6 is 11.8 Å². The lowest BCUT2D eigenvalue weighted by Crippen LogP contribution is -2.13. The van der Waals surface area contributed by atoms with Crippen LogP contribution in [0.3, 0.4) is 0 Å². The van der Waals surface area contributed by atoms with E-state index in [2.05, 4.69) is 30.9 Å². The highest BCUT2D eigenvalue weighted by atomic mass is 32.2. The normalized spacial score (nSPS) is 11.7. The van der Waals surface area contributed by atoms with Crippen molar-refractivity contribution in [1.29, 1.82) is 0 Å². The zero-order chi connectivity index (χ0) is 13.2. The third-order valence-corrected chi connectivity index (χ3v) is 3.48. The van der Waals surface area contributed by atoms with Crippen molar-refractivity contribution in [3.63, 3.8) is 0 Å². The van der Waals surface area contributed by atoms with E-state index >= 15 is 0 Å². The van der Waals surface area contributed by atoms with Crippen LogP contribution in [0.2, 0.25) is 0 Å². The van der Waals surface area contributed by atoms with E-state index in [9.17, 15) is 0 Å². The average Bonchev–Trinajstić information content (AvgIpc) is 2.76. The Morgan fingerprint density at radius 1 is 1.28 bits per heavy atom. The van der Waals surface area contributed by atoms with Gasteiger partial charge in [0, 0.05) is 16.0 Å². The van der Waals surface area contributed by atoms with E-state index in [1.54, 1.807) is 11.8 Å². The third-order valence-electron chi connectivity index (χ3n) is 2.41. The molecule has 0 saturated heterocycles. The second-order valence-electron chi connectivity index (χ2n) is 5.09. The Morgan fingerprint density at radius 2 is 2.00 bits per heavy atom. The number of hydrogen-bond acceptors (Lipinski definition) is 5. The summed E-state index contributed by atoms with van der Waals surface area (Å²) in [6.07, 6.45) is 0. The van der Waals surface area contributed by atoms with Crippen molar-refractivity contribution in [2.75, 3.05) is 5.73 Å². The van der Waals surface area contributed by atoms with Crippen molar-refractivity contribution in [3.8, 4) is 0 Å². The van der Waals surface area contributed by atoms with E-state index in [0.717, 1.165) is 16.4 Å². The number of anilines is 1. The van der Waals surface area contributed by atoms with Crippen LogP contribution < -0.4 is 5.73 Å². The monoisotopic (exact) mass is 263 g/mol. The van der Waals surface area contributed by atoms with Crippen molar-refractivity contribution < 1.29 is 4.52 Å². The van der Waals surface area contributed by atoms with E-state index in [1.807, 2.05) is 24.3 Å². The Labute approximate surface area is 111 Å². The fourth-order valence-electron chi connectivity index (χ4n) is 1.37. The molecule has 0 aliphatic rings. The fourth-order valence-corrected chi connectivity index (χ4v) is 2.18. The van der Waals surface area contributed by atoms with Gasteiger partial charge in [0.1, 0.15) is 0 Å². The van der Waals surface area contributed by atoms with Crippen LogP contribution in [0, 0.1) is 0 Å². The predicted octanol–water partition coefficient (Wildman–Crippen LogP) is 3.24. The Hall–Kier alpha value is -1.49. The molecular formula is C13H17N3OS. The Bertz CT molecular complexity index is 531. The first-order valence-electron chi connectivity index (χ1n) is 5.77. The molecule has 96 valence electrons. The molecule has 0 bridgehead atoms. The molecule has 0 aliphatic heterocycles. The van der Waals surface area contributed by atoms with Crippen LogP contribution in [0.4, 0.5) is 5.69 Å². The Kier molecular flexibility index (Phi) is 3.61. The first-order chi connectivity index (χ1) is 8.47. The number of para-hydroxylation sites is 1. The number of nitrogen functional groups attached to an aromatic ring is 1. The van der Waals surface area contributed by atoms with Crippen LogP contribution in [-0.4, -0.2) is 10.1 Å². The second-order valence-corrected chi connectivity index (χ2v) is 6.11. The lowest BCUT2D eigenvalue weighted by atomic mass is 9.96. The highest BCUT2D eigenvalue weighted by molar-refractivity contribution is 7.98. The maximum absolute atomic E-state index is 5.87. The standard InChI is InChI=1S/C13H17N3OS/c1-13(2,3)12-15-11(17-16-12)8-18-10-7-5-4-6-9(10)14/h4-7H,8,14H2,1-3H3. The van der Waals surface area contributed by atoms with Crippen molar-refractivity contribution in [2.24, 2.45) is 0 Å². The summed E-state index contributed by atoms with van der Waals surface area (Å²) in [6.45, 7) is 6.18. The number of rotatable bonds is 3. The molecule has 0 radical (unpaired) electrons. The predicted molar refractivity (Wildman–Crippen MR) is 73.4 cm³/mol. The van der Waals surface area contributed by atoms with Gasteiger partial charge in [-0.25, -0.2) is 0 Å². The molecule has 0 unspecified atom stereocenters. The zero-order valence-electron chi connectivity index (χ0n) is 10.8. The van der Waals surface area contributed by atoms with Gasteiger partial charge in [-0.1, -0.05) is 38.1 Å². The third kappa shape index (κ3) is 3.04. The molecule has 2 aromatic rings. The van der Waals surface area contributed by atoms with Crippen LogP contribution in [0.1, 0.15) is 32.5 Å². The van der Waals surface area contributed by atoms with Gasteiger partial charge in [0.15, 0.2) is 5.82 Å². The molecule has 1 aromatic heterocycles. The molecule has 5 heteroatoms. The maximum Gasteiger partial charge on any atom is 0.237 e. The lowest BCUT2D eigenvalue weighted by molar-refractivity contribution is 0.373. The van der Waals surface area contributed by atoms with Gasteiger partial charge in [-0.15, -0.1) is 11.8 Å². The summed E-state index contributed by atoms with van der Waals surface area (Å²) in [6, 6.07) is 7.76. The molecule has 0 saturated carbocycles. The van der Waals surface area contributed by atoms with E-state index < -0.39 is 0 Å². The molecule has 0 atom stereocenters. The molecule has 18 heavy (non-hydrogen) atoms. The van der Waals surface area contributed by atoms with Crippen molar-refractivity contribution in [2.45, 2.75) is 36.8 Å². The molecule has 0 spiro atoms. The summed E-state index contributed by atoms with van der Waals surface area (Å²) in [4.78, 5) is 5.42. The Morgan fingerprint density at radius 3 is 2.61 bits per heavy atom. The number of hydrogen-bond donors (Lipinski definition) is 1. The molecular weight excluding hydrogens is 246 g/mol. The van der Waals surface area contributed by atoms with Crippen molar-refractivity contribution >= 4 is 17.4 Å². The van der Waals surface area contributed by atoms with Crippen molar-refractivity contribution in [3.05, 3.63) is 36.0 Å². The van der Waals surface area contributed by atoms with E-state index in [1.165, 1.54) is 0 Å². The Balaban J connectivity index is 2.03. The van der Waals surface area contributed by atoms with Gasteiger partial charge in [0.2, 0.25) is 5.89 Å². The summed E-state index contributed by atoms with van der Waals surface area (Å²) in [5.41, 5.74) is 6.56. The molecule has 1 aromatic carbocycles. The first-order valence-corrected chi connectivity index (χ1v) is 6.76. The number of thioether (sulfide) groups is 1. The molecule has 1 heterocycles. The number of nitrogens with two attached hydrogens (primary N) is 1. The van der Waals surface area contributed by atoms with E-state index in [0.29, 0.717) is 11.6 Å². The van der Waals surface area contributed by atoms with Crippen molar-refractivity contribution in [1.82, 2.24) is 10.1 Å². The molecule has 4 nitrogen and oxygen atoms in total. The molecule has 2 rings (SSSR count). The lowest BCUT2D eigenvalue weighted by Gasteiger charge is -2.10. The molecule has 0 aliphatic carbocycles. The summed E-state index contributed by atoms with van der Waals surface area (Å²) < 4.78 is 5.23. The number of aromatic nitrogens is 2. The summed E-state index contributed by atoms with van der Waals surface area (Å²) in [5, 5.41) is 3.99. The SMILES string of the molecule is CC(C)(C)c1noc(CSc2ccccc2N)n1. The quantitative estimate of drug-likeness (QED) is 0.680. The van der Waals surface area contributed by atoms with Gasteiger partial charge in [0.25, 0.3) is 0 Å². The maximum atomic E-state index is 5.87. The molecule has 2 N–H and O–H groups in total. The second kappa shape index (κ2) is 5.02. The largest absolute Gasteiger partial charge is 0.398 e. The topological polar surface area (TPSA) is 64.9 Å². The van der Waals surface area contributed by atoms with Crippen LogP contribution in [0.15, 0.2) is 33.7 Å². The average molecular weight is 263 g/mol. The van der Waals surface area contributed by atoms with Gasteiger partial charge < -0.3 is 10.3 Å². The van der Waals surface area contributed by atoms with E-state index in [4.69, 9.17) is 10.3 Å². The minimum atomic E-state index is -0.0851. The number of benzene rings is 1. The van der Waals surface area contributed by atoms with Gasteiger partial charge >= 0.3 is 0 Å². The van der Waals surface area contributed by atoms with Crippen LogP contribution in [0.25, 0.3) is 0 Å². The minimum absolute atomic E-state index is 0.0851. The summed E-state index contributed by atoms with van der Waals surface area (Å²) >= 11 is 1.60. The summed E-state index contributed by atoms with van der Waals surface area (Å²) in [5.74, 6) is 2.00. The molecule has 0 amide bonds. The smallest absolute Gasteiger partial charge is 0.237 e. The van der Waals surface area contributed by atoms with Gasteiger partial charge in [-0.2, -0.15) is 4.98 Å². The summed E-state index contributed by atoms with van der Waals surface area (Å²) in [7, 11) is 0. The van der Waals surface area contributed by atoms with Crippen LogP contribution in [-0.2, 0) is 11.2 Å². The molecule has 0 fully saturated rings. The first kappa shape index (κ1) is 13.0. The zero-order valence-corrected chi connectivity index (χ0v) is 11.6. The number of nitrogens with zero attached hydrogens (tertiary/aromatic N) is 2.